The Hall–Kier alpha value is -2.04. The average molecular weight is 289 g/mol. The predicted molar refractivity (Wildman–Crippen MR) is 81.4 cm³/mol. The van der Waals surface area contributed by atoms with Crippen LogP contribution >= 0.6 is 0 Å². The van der Waals surface area contributed by atoms with Gasteiger partial charge in [0.1, 0.15) is 5.76 Å². The lowest BCUT2D eigenvalue weighted by atomic mass is 10.1. The van der Waals surface area contributed by atoms with E-state index in [-0.39, 0.29) is 11.9 Å². The zero-order chi connectivity index (χ0) is 15.6. The summed E-state index contributed by atoms with van der Waals surface area (Å²) in [6.45, 7) is 8.03. The maximum absolute atomic E-state index is 12.1. The minimum absolute atomic E-state index is 0.0225. The van der Waals surface area contributed by atoms with Crippen molar-refractivity contribution in [3.63, 3.8) is 0 Å². The Kier molecular flexibility index (Phi) is 4.50. The molecule has 0 fully saturated rings. The zero-order valence-corrected chi connectivity index (χ0v) is 13.4. The first-order valence-corrected chi connectivity index (χ1v) is 7.31. The number of hydrogen-bond acceptors (Lipinski definition) is 3. The smallest absolute Gasteiger partial charge is 0.287 e. The number of amides is 1. The van der Waals surface area contributed by atoms with E-state index in [4.69, 9.17) is 4.42 Å². The summed E-state index contributed by atoms with van der Waals surface area (Å²) in [7, 11) is 1.93. The van der Waals surface area contributed by atoms with Gasteiger partial charge in [0.25, 0.3) is 5.91 Å². The molecule has 0 saturated carbocycles. The quantitative estimate of drug-likeness (QED) is 0.920. The summed E-state index contributed by atoms with van der Waals surface area (Å²) in [6, 6.07) is 3.59. The summed E-state index contributed by atoms with van der Waals surface area (Å²) in [5.74, 6) is 1.03. The van der Waals surface area contributed by atoms with Crippen LogP contribution in [0.1, 0.15) is 47.1 Å². The summed E-state index contributed by atoms with van der Waals surface area (Å²) >= 11 is 0. The van der Waals surface area contributed by atoms with Gasteiger partial charge in [-0.05, 0) is 44.9 Å². The molecule has 5 nitrogen and oxygen atoms in total. The SMILES string of the molecule is CCc1ccc(C(=O)NC(C)Cc2c(C)nn(C)c2C)o1. The Balaban J connectivity index is 2.01. The molecule has 21 heavy (non-hydrogen) atoms. The molecule has 1 N–H and O–H groups in total. The summed E-state index contributed by atoms with van der Waals surface area (Å²) in [5.41, 5.74) is 3.35. The van der Waals surface area contributed by atoms with Crippen molar-refractivity contribution in [1.82, 2.24) is 15.1 Å². The van der Waals surface area contributed by atoms with Gasteiger partial charge in [0.05, 0.1) is 5.69 Å². The summed E-state index contributed by atoms with van der Waals surface area (Å²) in [4.78, 5) is 12.1. The van der Waals surface area contributed by atoms with Crippen molar-refractivity contribution >= 4 is 5.91 Å². The minimum atomic E-state index is -0.165. The van der Waals surface area contributed by atoms with Gasteiger partial charge in [-0.2, -0.15) is 5.10 Å². The Labute approximate surface area is 125 Å². The molecule has 114 valence electrons. The third-order valence-electron chi connectivity index (χ3n) is 3.78. The monoisotopic (exact) mass is 289 g/mol. The molecule has 2 rings (SSSR count). The largest absolute Gasteiger partial charge is 0.456 e. The third-order valence-corrected chi connectivity index (χ3v) is 3.78. The lowest BCUT2D eigenvalue weighted by Crippen LogP contribution is -2.34. The third kappa shape index (κ3) is 3.35. The highest BCUT2D eigenvalue weighted by Crippen LogP contribution is 2.15. The molecular formula is C16H23N3O2. The number of hydrogen-bond donors (Lipinski definition) is 1. The molecule has 5 heteroatoms. The Morgan fingerprint density at radius 1 is 1.43 bits per heavy atom. The van der Waals surface area contributed by atoms with E-state index in [9.17, 15) is 4.79 Å². The number of carbonyl (C=O) groups excluding carboxylic acids is 1. The number of carbonyl (C=O) groups is 1. The van der Waals surface area contributed by atoms with Crippen LogP contribution < -0.4 is 5.32 Å². The fourth-order valence-electron chi connectivity index (χ4n) is 2.45. The van der Waals surface area contributed by atoms with E-state index in [1.54, 1.807) is 6.07 Å². The molecule has 0 radical (unpaired) electrons. The first kappa shape index (κ1) is 15.4. The normalized spacial score (nSPS) is 12.4. The van der Waals surface area contributed by atoms with Gasteiger partial charge in [0, 0.05) is 25.2 Å². The van der Waals surface area contributed by atoms with Crippen LogP contribution in [0.2, 0.25) is 0 Å². The van der Waals surface area contributed by atoms with Crippen LogP contribution in [0.15, 0.2) is 16.5 Å². The molecule has 2 heterocycles. The molecule has 0 spiro atoms. The Bertz CT molecular complexity index is 640. The van der Waals surface area contributed by atoms with Crippen LogP contribution in [0.5, 0.6) is 0 Å². The second-order valence-corrected chi connectivity index (χ2v) is 5.47. The van der Waals surface area contributed by atoms with E-state index in [1.807, 2.05) is 45.5 Å². The molecule has 1 unspecified atom stereocenters. The van der Waals surface area contributed by atoms with Crippen LogP contribution in [0, 0.1) is 13.8 Å². The van der Waals surface area contributed by atoms with E-state index in [2.05, 4.69) is 10.4 Å². The van der Waals surface area contributed by atoms with Gasteiger partial charge >= 0.3 is 0 Å². The maximum atomic E-state index is 12.1. The van der Waals surface area contributed by atoms with Crippen molar-refractivity contribution in [2.24, 2.45) is 7.05 Å². The van der Waals surface area contributed by atoms with E-state index < -0.39 is 0 Å². The highest BCUT2D eigenvalue weighted by atomic mass is 16.3. The van der Waals surface area contributed by atoms with Gasteiger partial charge < -0.3 is 9.73 Å². The van der Waals surface area contributed by atoms with Gasteiger partial charge in [0.15, 0.2) is 5.76 Å². The van der Waals surface area contributed by atoms with E-state index >= 15 is 0 Å². The van der Waals surface area contributed by atoms with Crippen molar-refractivity contribution in [3.05, 3.63) is 40.6 Å². The molecule has 0 aliphatic heterocycles. The van der Waals surface area contributed by atoms with Gasteiger partial charge in [-0.15, -0.1) is 0 Å². The molecular weight excluding hydrogens is 266 g/mol. The first-order chi connectivity index (χ1) is 9.92. The first-order valence-electron chi connectivity index (χ1n) is 7.31. The van der Waals surface area contributed by atoms with Gasteiger partial charge in [-0.25, -0.2) is 0 Å². The van der Waals surface area contributed by atoms with Crippen molar-refractivity contribution in [3.8, 4) is 0 Å². The second-order valence-electron chi connectivity index (χ2n) is 5.47. The number of rotatable bonds is 5. The lowest BCUT2D eigenvalue weighted by Gasteiger charge is -2.13. The van der Waals surface area contributed by atoms with E-state index in [0.29, 0.717) is 5.76 Å². The van der Waals surface area contributed by atoms with Crippen molar-refractivity contribution in [2.45, 2.75) is 46.6 Å². The Morgan fingerprint density at radius 3 is 2.67 bits per heavy atom. The average Bonchev–Trinajstić information content (AvgIpc) is 3.00. The zero-order valence-electron chi connectivity index (χ0n) is 13.4. The number of aromatic nitrogens is 2. The molecule has 1 atom stereocenters. The van der Waals surface area contributed by atoms with E-state index in [1.165, 1.54) is 5.56 Å². The summed E-state index contributed by atoms with van der Waals surface area (Å²) < 4.78 is 7.34. The van der Waals surface area contributed by atoms with Crippen LogP contribution in [0.25, 0.3) is 0 Å². The van der Waals surface area contributed by atoms with Gasteiger partial charge in [0.2, 0.25) is 0 Å². The second kappa shape index (κ2) is 6.16. The number of furan rings is 1. The van der Waals surface area contributed by atoms with Gasteiger partial charge in [-0.3, -0.25) is 9.48 Å². The van der Waals surface area contributed by atoms with Crippen molar-refractivity contribution in [1.29, 1.82) is 0 Å². The minimum Gasteiger partial charge on any atom is -0.456 e. The van der Waals surface area contributed by atoms with Crippen molar-refractivity contribution in [2.75, 3.05) is 0 Å². The van der Waals surface area contributed by atoms with Gasteiger partial charge in [-0.1, -0.05) is 6.92 Å². The van der Waals surface area contributed by atoms with Crippen molar-refractivity contribution < 1.29 is 9.21 Å². The summed E-state index contributed by atoms with van der Waals surface area (Å²) in [5, 5.41) is 7.38. The van der Waals surface area contributed by atoms with Crippen LogP contribution in [0.4, 0.5) is 0 Å². The molecule has 0 aliphatic carbocycles. The van der Waals surface area contributed by atoms with E-state index in [0.717, 1.165) is 30.0 Å². The fourth-order valence-corrected chi connectivity index (χ4v) is 2.45. The standard InChI is InChI=1S/C16H23N3O2/c1-6-13-7-8-15(21-13)16(20)17-10(2)9-14-11(3)18-19(5)12(14)4/h7-8,10H,6,9H2,1-5H3,(H,17,20). The van der Waals surface area contributed by atoms with Crippen LogP contribution in [-0.2, 0) is 19.9 Å². The summed E-state index contributed by atoms with van der Waals surface area (Å²) in [6.07, 6.45) is 1.55. The fraction of sp³-hybridized carbons (Fsp3) is 0.500. The highest BCUT2D eigenvalue weighted by Gasteiger charge is 2.17. The molecule has 2 aromatic rings. The molecule has 1 amide bonds. The number of nitrogens with zero attached hydrogens (tertiary/aromatic N) is 2. The topological polar surface area (TPSA) is 60.1 Å². The number of aryl methyl sites for hydroxylation is 3. The molecule has 0 aromatic carbocycles. The number of nitrogens with one attached hydrogen (secondary N) is 1. The Morgan fingerprint density at radius 2 is 2.14 bits per heavy atom. The molecule has 0 bridgehead atoms. The maximum Gasteiger partial charge on any atom is 0.287 e. The molecule has 0 aliphatic rings. The predicted octanol–water partition coefficient (Wildman–Crippen LogP) is 2.55. The highest BCUT2D eigenvalue weighted by molar-refractivity contribution is 5.91. The molecule has 0 saturated heterocycles. The lowest BCUT2D eigenvalue weighted by molar-refractivity contribution is 0.0910. The molecule has 2 aromatic heterocycles. The van der Waals surface area contributed by atoms with Crippen LogP contribution in [-0.4, -0.2) is 21.7 Å². The van der Waals surface area contributed by atoms with Crippen LogP contribution in [0.3, 0.4) is 0 Å².